The maximum Gasteiger partial charge on any atom is 0.250 e. The van der Waals surface area contributed by atoms with Gasteiger partial charge in [0.15, 0.2) is 11.5 Å². The molecule has 0 saturated carbocycles. The molecule has 1 unspecified atom stereocenters. The van der Waals surface area contributed by atoms with Crippen LogP contribution in [0.25, 0.3) is 0 Å². The Morgan fingerprint density at radius 1 is 1.40 bits per heavy atom. The number of carbonyl (C=O) groups excluding carboxylic acids is 1. The van der Waals surface area contributed by atoms with Crippen molar-refractivity contribution in [1.29, 1.82) is 0 Å². The van der Waals surface area contributed by atoms with Crippen molar-refractivity contribution in [3.8, 4) is 11.5 Å². The van der Waals surface area contributed by atoms with Gasteiger partial charge in [0.25, 0.3) is 0 Å². The number of hydrogen-bond donors (Lipinski definition) is 3. The van der Waals surface area contributed by atoms with Gasteiger partial charge in [-0.25, -0.2) is 4.68 Å². The van der Waals surface area contributed by atoms with Crippen molar-refractivity contribution >= 4 is 11.6 Å². The van der Waals surface area contributed by atoms with Gasteiger partial charge in [-0.2, -0.15) is 5.10 Å². The normalized spacial score (nSPS) is 12.3. The van der Waals surface area contributed by atoms with E-state index in [1.807, 2.05) is 0 Å². The number of nitrogen functional groups attached to an aromatic ring is 1. The number of aromatic nitrogens is 2. The number of carbonyl (C=O) groups is 1. The van der Waals surface area contributed by atoms with E-state index in [0.29, 0.717) is 17.8 Å². The van der Waals surface area contributed by atoms with Gasteiger partial charge in [-0.05, 0) is 31.0 Å². The van der Waals surface area contributed by atoms with Crippen LogP contribution in [0.1, 0.15) is 23.0 Å². The number of nitrogens with two attached hydrogens (primary N) is 1. The zero-order chi connectivity index (χ0) is 14.9. The molecule has 0 spiro atoms. The van der Waals surface area contributed by atoms with Crippen molar-refractivity contribution in [3.63, 3.8) is 0 Å². The monoisotopic (exact) mass is 275 g/mol. The molecule has 0 radical (unpaired) electrons. The molecule has 0 fully saturated rings. The molecule has 0 bridgehead atoms. The number of phenols is 2. The van der Waals surface area contributed by atoms with Crippen LogP contribution in [0.5, 0.6) is 11.5 Å². The zero-order valence-electron chi connectivity index (χ0n) is 11.4. The van der Waals surface area contributed by atoms with Crippen LogP contribution in [0.3, 0.4) is 0 Å². The molecule has 20 heavy (non-hydrogen) atoms. The van der Waals surface area contributed by atoms with E-state index < -0.39 is 0 Å². The fourth-order valence-electron chi connectivity index (χ4n) is 1.95. The summed E-state index contributed by atoms with van der Waals surface area (Å²) in [6.45, 7) is 3.52. The third-order valence-corrected chi connectivity index (χ3v) is 3.17. The summed E-state index contributed by atoms with van der Waals surface area (Å²) in [4.78, 5) is 12.2. The lowest BCUT2D eigenvalue weighted by atomic mass is 10.00. The van der Waals surface area contributed by atoms with Gasteiger partial charge >= 0.3 is 0 Å². The van der Waals surface area contributed by atoms with Crippen molar-refractivity contribution < 1.29 is 15.0 Å². The number of aryl methyl sites for hydroxylation is 1. The fraction of sp³-hybridized carbons (Fsp3) is 0.286. The molecule has 0 aliphatic rings. The highest BCUT2D eigenvalue weighted by Gasteiger charge is 2.18. The Labute approximate surface area is 116 Å². The fourth-order valence-corrected chi connectivity index (χ4v) is 1.95. The van der Waals surface area contributed by atoms with E-state index in [4.69, 9.17) is 5.73 Å². The molecule has 0 saturated heterocycles. The van der Waals surface area contributed by atoms with Crippen molar-refractivity contribution in [2.75, 3.05) is 5.73 Å². The molecule has 1 atom stereocenters. The number of rotatable bonds is 3. The molecule has 2 rings (SSSR count). The standard InChI is InChI=1S/C14H17N3O3/c1-8(5-10-3-4-12(18)13(19)6-10)14(20)17-7-11(15)9(2)16-17/h3-4,6-8,18-19H,5,15H2,1-2H3. The quantitative estimate of drug-likeness (QED) is 0.740. The number of hydrogen-bond acceptors (Lipinski definition) is 5. The lowest BCUT2D eigenvalue weighted by molar-refractivity contribution is 0.0827. The Morgan fingerprint density at radius 3 is 2.65 bits per heavy atom. The first-order valence-corrected chi connectivity index (χ1v) is 6.25. The van der Waals surface area contributed by atoms with E-state index in [1.165, 1.54) is 23.0 Å². The second kappa shape index (κ2) is 5.24. The highest BCUT2D eigenvalue weighted by molar-refractivity contribution is 5.81. The van der Waals surface area contributed by atoms with Gasteiger partial charge in [-0.1, -0.05) is 13.0 Å². The smallest absolute Gasteiger partial charge is 0.250 e. The summed E-state index contributed by atoms with van der Waals surface area (Å²) in [6, 6.07) is 4.52. The Hall–Kier alpha value is -2.50. The minimum absolute atomic E-state index is 0.169. The minimum Gasteiger partial charge on any atom is -0.504 e. The predicted octanol–water partition coefficient (Wildman–Crippen LogP) is 1.70. The molecule has 106 valence electrons. The maximum atomic E-state index is 12.2. The number of anilines is 1. The van der Waals surface area contributed by atoms with Gasteiger partial charge in [0.05, 0.1) is 17.6 Å². The van der Waals surface area contributed by atoms with E-state index in [1.54, 1.807) is 19.9 Å². The highest BCUT2D eigenvalue weighted by Crippen LogP contribution is 2.26. The summed E-state index contributed by atoms with van der Waals surface area (Å²) in [6.07, 6.45) is 1.94. The topological polar surface area (TPSA) is 101 Å². The second-order valence-corrected chi connectivity index (χ2v) is 4.88. The zero-order valence-corrected chi connectivity index (χ0v) is 11.4. The predicted molar refractivity (Wildman–Crippen MR) is 74.6 cm³/mol. The van der Waals surface area contributed by atoms with Crippen molar-refractivity contribution in [2.24, 2.45) is 5.92 Å². The highest BCUT2D eigenvalue weighted by atomic mass is 16.3. The number of nitrogens with zero attached hydrogens (tertiary/aromatic N) is 2. The Kier molecular flexibility index (Phi) is 3.65. The van der Waals surface area contributed by atoms with Gasteiger partial charge < -0.3 is 15.9 Å². The Balaban J connectivity index is 2.13. The number of aromatic hydroxyl groups is 2. The molecule has 2 aromatic rings. The van der Waals surface area contributed by atoms with Gasteiger partial charge in [-0.15, -0.1) is 0 Å². The summed E-state index contributed by atoms with van der Waals surface area (Å²) in [5, 5.41) is 22.7. The molecule has 0 aliphatic carbocycles. The largest absolute Gasteiger partial charge is 0.504 e. The molecule has 6 nitrogen and oxygen atoms in total. The molecule has 1 aromatic heterocycles. The molecule has 6 heteroatoms. The molecule has 0 aliphatic heterocycles. The lowest BCUT2D eigenvalue weighted by Crippen LogP contribution is -2.21. The summed E-state index contributed by atoms with van der Waals surface area (Å²) in [7, 11) is 0. The van der Waals surface area contributed by atoms with Crippen LogP contribution < -0.4 is 5.73 Å². The number of benzene rings is 1. The third-order valence-electron chi connectivity index (χ3n) is 3.17. The van der Waals surface area contributed by atoms with E-state index >= 15 is 0 Å². The van der Waals surface area contributed by atoms with Gasteiger partial charge in [-0.3, -0.25) is 4.79 Å². The van der Waals surface area contributed by atoms with Gasteiger partial charge in [0, 0.05) is 5.92 Å². The molecular weight excluding hydrogens is 258 g/mol. The van der Waals surface area contributed by atoms with E-state index in [0.717, 1.165) is 5.56 Å². The van der Waals surface area contributed by atoms with Crippen LogP contribution in [0.4, 0.5) is 5.69 Å². The van der Waals surface area contributed by atoms with Crippen LogP contribution in [-0.2, 0) is 6.42 Å². The molecule has 4 N–H and O–H groups in total. The first kappa shape index (κ1) is 13.9. The summed E-state index contributed by atoms with van der Waals surface area (Å²) in [5.41, 5.74) is 7.53. The van der Waals surface area contributed by atoms with E-state index in [-0.39, 0.29) is 23.3 Å². The van der Waals surface area contributed by atoms with Crippen LogP contribution in [0.2, 0.25) is 0 Å². The van der Waals surface area contributed by atoms with Gasteiger partial charge in [0.2, 0.25) is 5.91 Å². The van der Waals surface area contributed by atoms with E-state index in [9.17, 15) is 15.0 Å². The van der Waals surface area contributed by atoms with E-state index in [2.05, 4.69) is 5.10 Å². The molecule has 1 aromatic carbocycles. The minimum atomic E-state index is -0.322. The summed E-state index contributed by atoms with van der Waals surface area (Å²) < 4.78 is 1.25. The Morgan fingerprint density at radius 2 is 2.10 bits per heavy atom. The summed E-state index contributed by atoms with van der Waals surface area (Å²) >= 11 is 0. The molecular formula is C14H17N3O3. The third kappa shape index (κ3) is 2.74. The van der Waals surface area contributed by atoms with Crippen LogP contribution in [0, 0.1) is 12.8 Å². The second-order valence-electron chi connectivity index (χ2n) is 4.88. The van der Waals surface area contributed by atoms with Crippen LogP contribution in [0.15, 0.2) is 24.4 Å². The number of phenolic OH excluding ortho intramolecular Hbond substituents is 2. The first-order chi connectivity index (χ1) is 9.38. The van der Waals surface area contributed by atoms with Crippen LogP contribution in [-0.4, -0.2) is 25.9 Å². The van der Waals surface area contributed by atoms with Crippen molar-refractivity contribution in [3.05, 3.63) is 35.7 Å². The maximum absolute atomic E-state index is 12.2. The van der Waals surface area contributed by atoms with Crippen molar-refractivity contribution in [1.82, 2.24) is 9.78 Å². The molecule has 1 heterocycles. The van der Waals surface area contributed by atoms with Gasteiger partial charge in [0.1, 0.15) is 0 Å². The first-order valence-electron chi connectivity index (χ1n) is 6.25. The summed E-state index contributed by atoms with van der Waals surface area (Å²) in [5.74, 6) is -0.862. The Bertz CT molecular complexity index is 630. The van der Waals surface area contributed by atoms with Crippen molar-refractivity contribution in [2.45, 2.75) is 20.3 Å². The van der Waals surface area contributed by atoms with Crippen LogP contribution >= 0.6 is 0 Å². The SMILES string of the molecule is Cc1nn(C(=O)C(C)Cc2ccc(O)c(O)c2)cc1N. The average Bonchev–Trinajstić information content (AvgIpc) is 2.73. The average molecular weight is 275 g/mol. The molecule has 0 amide bonds. The lowest BCUT2D eigenvalue weighted by Gasteiger charge is -2.10.